The molecule has 1 atom stereocenters. The molecule has 1 fully saturated rings. The van der Waals surface area contributed by atoms with Crippen molar-refractivity contribution >= 4 is 23.4 Å². The Labute approximate surface area is 213 Å². The summed E-state index contributed by atoms with van der Waals surface area (Å²) in [6.45, 7) is 4.69. The van der Waals surface area contributed by atoms with Crippen molar-refractivity contribution in [1.29, 1.82) is 0 Å². The lowest BCUT2D eigenvalue weighted by Crippen LogP contribution is -2.49. The van der Waals surface area contributed by atoms with E-state index in [0.29, 0.717) is 48.0 Å². The first-order chi connectivity index (χ1) is 17.5. The number of amidine groups is 1. The molecule has 1 aromatic carbocycles. The van der Waals surface area contributed by atoms with Crippen LogP contribution in [0.5, 0.6) is 0 Å². The highest BCUT2D eigenvalue weighted by Gasteiger charge is 2.34. The monoisotopic (exact) mass is 512 g/mol. The number of hydrogen-bond acceptors (Lipinski definition) is 8. The lowest BCUT2D eigenvalue weighted by atomic mass is 9.94. The van der Waals surface area contributed by atoms with Crippen LogP contribution in [-0.2, 0) is 9.53 Å². The number of azide groups is 1. The van der Waals surface area contributed by atoms with E-state index in [1.54, 1.807) is 12.3 Å². The maximum Gasteiger partial charge on any atom is 0.338 e. The van der Waals surface area contributed by atoms with Gasteiger partial charge in [-0.25, -0.2) is 9.18 Å². The van der Waals surface area contributed by atoms with E-state index >= 15 is 0 Å². The fourth-order valence-electron chi connectivity index (χ4n) is 4.28. The average molecular weight is 513 g/mol. The number of hydrogen-bond donors (Lipinski definition) is 1. The van der Waals surface area contributed by atoms with E-state index in [1.807, 2.05) is 12.1 Å². The van der Waals surface area contributed by atoms with Gasteiger partial charge in [-0.1, -0.05) is 28.8 Å². The van der Waals surface area contributed by atoms with Crippen LogP contribution in [0.4, 0.5) is 4.39 Å². The van der Waals surface area contributed by atoms with E-state index in [-0.39, 0.29) is 5.02 Å². The normalized spacial score (nSPS) is 18.8. The van der Waals surface area contributed by atoms with Gasteiger partial charge < -0.3 is 15.0 Å². The molecule has 1 aromatic heterocycles. The Bertz CT molecular complexity index is 1210. The Kier molecular flexibility index (Phi) is 8.50. The smallest absolute Gasteiger partial charge is 0.338 e. The van der Waals surface area contributed by atoms with E-state index < -0.39 is 17.8 Å². The minimum Gasteiger partial charge on any atom is -0.466 e. The highest BCUT2D eigenvalue weighted by Crippen LogP contribution is 2.36. The van der Waals surface area contributed by atoms with Crippen LogP contribution in [0.25, 0.3) is 10.4 Å². The number of aliphatic imine (C=N–C) groups is 1. The zero-order chi connectivity index (χ0) is 25.5. The molecule has 36 heavy (non-hydrogen) atoms. The van der Waals surface area contributed by atoms with Crippen molar-refractivity contribution < 1.29 is 13.9 Å². The van der Waals surface area contributed by atoms with Crippen LogP contribution < -0.4 is 5.32 Å². The number of ether oxygens (including phenoxy) is 1. The number of halogens is 2. The fraction of sp³-hybridized carbons (Fsp3) is 0.375. The lowest BCUT2D eigenvalue weighted by molar-refractivity contribution is -0.136. The molecule has 0 bridgehead atoms. The third kappa shape index (κ3) is 6.00. The number of aromatic nitrogens is 1. The van der Waals surface area contributed by atoms with Crippen LogP contribution in [0.15, 0.2) is 64.0 Å². The number of esters is 1. The molecule has 0 spiro atoms. The Morgan fingerprint density at radius 1 is 1.28 bits per heavy atom. The first-order valence-corrected chi connectivity index (χ1v) is 11.9. The van der Waals surface area contributed by atoms with Gasteiger partial charge in [0.25, 0.3) is 0 Å². The number of rotatable bonds is 8. The predicted molar refractivity (Wildman–Crippen MR) is 134 cm³/mol. The van der Waals surface area contributed by atoms with Gasteiger partial charge in [0.05, 0.1) is 12.7 Å². The van der Waals surface area contributed by atoms with Gasteiger partial charge in [-0.2, -0.15) is 0 Å². The van der Waals surface area contributed by atoms with Crippen LogP contribution in [0, 0.1) is 5.82 Å². The first kappa shape index (κ1) is 25.6. The van der Waals surface area contributed by atoms with Crippen molar-refractivity contribution in [2.24, 2.45) is 10.1 Å². The minimum absolute atomic E-state index is 0.167. The summed E-state index contributed by atoms with van der Waals surface area (Å²) in [5.74, 6) is -0.537. The molecule has 1 N–H and O–H groups in total. The maximum absolute atomic E-state index is 13.8. The molecule has 0 radical (unpaired) electrons. The predicted octanol–water partition coefficient (Wildman–Crippen LogP) is 3.32. The number of piperazine rings is 1. The van der Waals surface area contributed by atoms with Crippen molar-refractivity contribution in [2.45, 2.75) is 6.04 Å². The van der Waals surface area contributed by atoms with Crippen LogP contribution >= 0.6 is 11.6 Å². The number of carbonyl (C=O) groups is 1. The summed E-state index contributed by atoms with van der Waals surface area (Å²) >= 11 is 6.41. The van der Waals surface area contributed by atoms with Crippen LogP contribution in [0.2, 0.25) is 5.02 Å². The summed E-state index contributed by atoms with van der Waals surface area (Å²) in [5, 5.41) is 7.08. The van der Waals surface area contributed by atoms with E-state index in [1.165, 1.54) is 25.3 Å². The third-order valence-corrected chi connectivity index (χ3v) is 6.45. The molecule has 2 aliphatic rings. The summed E-state index contributed by atoms with van der Waals surface area (Å²) in [7, 11) is 1.32. The lowest BCUT2D eigenvalue weighted by Gasteiger charge is -2.36. The second kappa shape index (κ2) is 12.0. The topological polar surface area (TPSA) is 119 Å². The minimum atomic E-state index is -0.802. The Balaban J connectivity index is 1.67. The van der Waals surface area contributed by atoms with Gasteiger partial charge in [0.1, 0.15) is 17.6 Å². The SMILES string of the molecule is COC(=O)C1=C(CN2CCN(CCN=[N+]=[N-])CC2)NC(c2ccccn2)=NC1c1ccc(F)cc1Cl. The number of carbonyl (C=O) groups excluding carboxylic acids is 1. The number of nitrogens with one attached hydrogen (secondary N) is 1. The van der Waals surface area contributed by atoms with Crippen molar-refractivity contribution in [1.82, 2.24) is 20.1 Å². The van der Waals surface area contributed by atoms with Crippen LogP contribution in [0.1, 0.15) is 17.3 Å². The Hall–Kier alpha value is -3.50. The van der Waals surface area contributed by atoms with Crippen molar-refractivity contribution in [2.75, 3.05) is 52.9 Å². The molecule has 1 unspecified atom stereocenters. The van der Waals surface area contributed by atoms with Crippen molar-refractivity contribution in [3.8, 4) is 0 Å². The Morgan fingerprint density at radius 2 is 2.06 bits per heavy atom. The van der Waals surface area contributed by atoms with Gasteiger partial charge >= 0.3 is 5.97 Å². The fourth-order valence-corrected chi connectivity index (χ4v) is 4.55. The molecular weight excluding hydrogens is 487 g/mol. The largest absolute Gasteiger partial charge is 0.466 e. The molecule has 3 heterocycles. The van der Waals surface area contributed by atoms with E-state index in [4.69, 9.17) is 26.9 Å². The zero-order valence-corrected chi connectivity index (χ0v) is 20.5. The highest BCUT2D eigenvalue weighted by molar-refractivity contribution is 6.31. The Morgan fingerprint density at radius 3 is 2.72 bits per heavy atom. The van der Waals surface area contributed by atoms with Gasteiger partial charge in [0.2, 0.25) is 0 Å². The zero-order valence-electron chi connectivity index (χ0n) is 19.8. The van der Waals surface area contributed by atoms with E-state index in [2.05, 4.69) is 30.1 Å². The molecule has 0 amide bonds. The van der Waals surface area contributed by atoms with Gasteiger partial charge in [0, 0.05) is 73.2 Å². The molecule has 4 rings (SSSR count). The summed E-state index contributed by atoms with van der Waals surface area (Å²) in [6, 6.07) is 8.71. The quantitative estimate of drug-likeness (QED) is 0.251. The van der Waals surface area contributed by atoms with E-state index in [9.17, 15) is 9.18 Å². The molecule has 1 saturated heterocycles. The molecule has 2 aromatic rings. The van der Waals surface area contributed by atoms with Crippen molar-refractivity contribution in [3.63, 3.8) is 0 Å². The van der Waals surface area contributed by atoms with Crippen LogP contribution in [-0.4, -0.2) is 79.5 Å². The molecule has 2 aliphatic heterocycles. The summed E-state index contributed by atoms with van der Waals surface area (Å²) in [5.41, 5.74) is 10.5. The molecular formula is C24H26ClFN8O2. The number of methoxy groups -OCH3 is 1. The maximum atomic E-state index is 13.8. The molecule has 188 valence electrons. The molecule has 10 nitrogen and oxygen atoms in total. The number of pyridine rings is 1. The molecule has 0 saturated carbocycles. The average Bonchev–Trinajstić information content (AvgIpc) is 2.89. The van der Waals surface area contributed by atoms with E-state index in [0.717, 1.165) is 26.2 Å². The van der Waals surface area contributed by atoms with Gasteiger partial charge in [-0.15, -0.1) is 0 Å². The summed E-state index contributed by atoms with van der Waals surface area (Å²) in [6.07, 6.45) is 1.66. The third-order valence-electron chi connectivity index (χ3n) is 6.12. The summed E-state index contributed by atoms with van der Waals surface area (Å²) < 4.78 is 18.9. The van der Waals surface area contributed by atoms with Gasteiger partial charge in [0.15, 0.2) is 5.84 Å². The first-order valence-electron chi connectivity index (χ1n) is 11.5. The second-order valence-electron chi connectivity index (χ2n) is 8.34. The second-order valence-corrected chi connectivity index (χ2v) is 8.75. The standard InChI is InChI=1S/C24H26ClFN8O2/c1-36-24(35)21-20(15-34-12-10-33(11-13-34)9-8-29-32-27)30-23(19-4-2-3-7-28-19)31-22(21)17-6-5-16(26)14-18(17)25/h2-7,14,22H,8-13,15H2,1H3,(H,30,31). The van der Waals surface area contributed by atoms with Crippen molar-refractivity contribution in [3.05, 3.63) is 86.4 Å². The molecule has 0 aliphatic carbocycles. The highest BCUT2D eigenvalue weighted by atomic mass is 35.5. The van der Waals surface area contributed by atoms with Gasteiger partial charge in [-0.3, -0.25) is 14.9 Å². The number of benzene rings is 1. The molecule has 12 heteroatoms. The van der Waals surface area contributed by atoms with Gasteiger partial charge in [-0.05, 0) is 29.8 Å². The van der Waals surface area contributed by atoms with Crippen LogP contribution in [0.3, 0.4) is 0 Å². The summed E-state index contributed by atoms with van der Waals surface area (Å²) in [4.78, 5) is 29.5. The number of nitrogens with zero attached hydrogens (tertiary/aromatic N) is 7.